The van der Waals surface area contributed by atoms with E-state index in [4.69, 9.17) is 4.74 Å². The van der Waals surface area contributed by atoms with E-state index < -0.39 is 0 Å². The van der Waals surface area contributed by atoms with Crippen molar-refractivity contribution in [1.29, 1.82) is 0 Å². The van der Waals surface area contributed by atoms with Gasteiger partial charge in [0, 0.05) is 29.7 Å². The van der Waals surface area contributed by atoms with Gasteiger partial charge in [0.05, 0.1) is 12.8 Å². The van der Waals surface area contributed by atoms with E-state index in [0.717, 1.165) is 22.6 Å². The molecule has 3 heterocycles. The Bertz CT molecular complexity index is 965. The van der Waals surface area contributed by atoms with Crippen molar-refractivity contribution in [2.45, 2.75) is 0 Å². The maximum absolute atomic E-state index is 5.45. The number of para-hydroxylation sites is 1. The molecule has 1 aromatic carbocycles. The van der Waals surface area contributed by atoms with Gasteiger partial charge < -0.3 is 4.74 Å². The highest BCUT2D eigenvalue weighted by Gasteiger charge is 2.13. The van der Waals surface area contributed by atoms with Crippen LogP contribution in [0.2, 0.25) is 0 Å². The molecule has 3 aromatic heterocycles. The minimum atomic E-state index is 0.534. The molecule has 0 aliphatic carbocycles. The fourth-order valence-electron chi connectivity index (χ4n) is 2.47. The molecule has 0 radical (unpaired) electrons. The van der Waals surface area contributed by atoms with Gasteiger partial charge in [-0.05, 0) is 30.3 Å². The van der Waals surface area contributed by atoms with Gasteiger partial charge in [-0.15, -0.1) is 5.10 Å². The minimum Gasteiger partial charge on any atom is -0.496 e. The van der Waals surface area contributed by atoms with E-state index in [1.807, 2.05) is 42.5 Å². The number of hydrogen-bond acceptors (Lipinski definition) is 5. The van der Waals surface area contributed by atoms with Crippen LogP contribution in [0.3, 0.4) is 0 Å². The van der Waals surface area contributed by atoms with Crippen molar-refractivity contribution in [3.05, 3.63) is 61.1 Å². The quantitative estimate of drug-likeness (QED) is 0.582. The van der Waals surface area contributed by atoms with Gasteiger partial charge in [0.15, 0.2) is 5.82 Å². The summed E-state index contributed by atoms with van der Waals surface area (Å²) in [6.45, 7) is 0. The van der Waals surface area contributed by atoms with Gasteiger partial charge in [-0.1, -0.05) is 12.1 Å². The lowest BCUT2D eigenvalue weighted by Gasteiger charge is -2.08. The van der Waals surface area contributed by atoms with Crippen molar-refractivity contribution in [3.8, 4) is 28.4 Å². The Morgan fingerprint density at radius 1 is 1.00 bits per heavy atom. The van der Waals surface area contributed by atoms with Crippen LogP contribution in [0.25, 0.3) is 28.4 Å². The number of nitrogens with zero attached hydrogens (tertiary/aromatic N) is 5. The summed E-state index contributed by atoms with van der Waals surface area (Å²) in [5.41, 5.74) is 2.66. The molecule has 6 heteroatoms. The molecule has 6 nitrogen and oxygen atoms in total. The molecule has 0 atom stereocenters. The normalized spacial score (nSPS) is 10.8. The zero-order valence-electron chi connectivity index (χ0n) is 12.4. The van der Waals surface area contributed by atoms with Crippen molar-refractivity contribution in [2.24, 2.45) is 0 Å². The largest absolute Gasteiger partial charge is 0.496 e. The number of fused-ring (bicyclic) bond motifs is 1. The van der Waals surface area contributed by atoms with E-state index in [1.54, 1.807) is 30.2 Å². The number of rotatable bonds is 3. The monoisotopic (exact) mass is 303 g/mol. The standard InChI is InChI=1S/C17H13N5O/c1-23-15-7-3-2-6-13(15)14-8-10-19-17-20-16(21-22(14)17)12-5-4-9-18-11-12/h2-11H,1H3. The van der Waals surface area contributed by atoms with Crippen LogP contribution >= 0.6 is 0 Å². The van der Waals surface area contributed by atoms with Crippen LogP contribution in [0.1, 0.15) is 0 Å². The fraction of sp³-hybridized carbons (Fsp3) is 0.0588. The SMILES string of the molecule is COc1ccccc1-c1ccnc2nc(-c3cccnc3)nn12. The number of ether oxygens (including phenoxy) is 1. The Labute approximate surface area is 132 Å². The molecule has 0 amide bonds. The first kappa shape index (κ1) is 13.4. The van der Waals surface area contributed by atoms with E-state index in [-0.39, 0.29) is 0 Å². The minimum absolute atomic E-state index is 0.534. The number of pyridine rings is 1. The fourth-order valence-corrected chi connectivity index (χ4v) is 2.47. The van der Waals surface area contributed by atoms with Gasteiger partial charge in [-0.25, -0.2) is 4.98 Å². The second-order valence-corrected chi connectivity index (χ2v) is 4.92. The first-order valence-electron chi connectivity index (χ1n) is 7.12. The summed E-state index contributed by atoms with van der Waals surface area (Å²) in [7, 11) is 1.65. The Morgan fingerprint density at radius 3 is 2.74 bits per heavy atom. The highest BCUT2D eigenvalue weighted by molar-refractivity contribution is 5.69. The molecule has 0 aliphatic heterocycles. The van der Waals surface area contributed by atoms with Gasteiger partial charge in [-0.3, -0.25) is 4.98 Å². The Kier molecular flexibility index (Phi) is 3.20. The topological polar surface area (TPSA) is 65.2 Å². The third-order valence-electron chi connectivity index (χ3n) is 3.54. The first-order valence-corrected chi connectivity index (χ1v) is 7.12. The summed E-state index contributed by atoms with van der Waals surface area (Å²) in [4.78, 5) is 12.9. The highest BCUT2D eigenvalue weighted by Crippen LogP contribution is 2.29. The molecule has 0 N–H and O–H groups in total. The van der Waals surface area contributed by atoms with E-state index >= 15 is 0 Å². The molecule has 112 valence electrons. The van der Waals surface area contributed by atoms with Gasteiger partial charge in [0.2, 0.25) is 0 Å². The molecular formula is C17H13N5O. The van der Waals surface area contributed by atoms with Gasteiger partial charge in [-0.2, -0.15) is 9.50 Å². The number of benzene rings is 1. The molecule has 0 bridgehead atoms. The summed E-state index contributed by atoms with van der Waals surface area (Å²) in [6, 6.07) is 13.5. The zero-order chi connectivity index (χ0) is 15.6. The van der Waals surface area contributed by atoms with Crippen LogP contribution in [-0.4, -0.2) is 31.7 Å². The van der Waals surface area contributed by atoms with Crippen molar-refractivity contribution in [3.63, 3.8) is 0 Å². The van der Waals surface area contributed by atoms with E-state index in [9.17, 15) is 0 Å². The molecule has 0 unspecified atom stereocenters. The molecule has 4 rings (SSSR count). The lowest BCUT2D eigenvalue weighted by atomic mass is 10.1. The molecular weight excluding hydrogens is 290 g/mol. The number of aromatic nitrogens is 5. The smallest absolute Gasteiger partial charge is 0.253 e. The van der Waals surface area contributed by atoms with Crippen molar-refractivity contribution in [2.75, 3.05) is 7.11 Å². The third kappa shape index (κ3) is 2.30. The first-order chi connectivity index (χ1) is 11.4. The van der Waals surface area contributed by atoms with Crippen LogP contribution in [0, 0.1) is 0 Å². The predicted molar refractivity (Wildman–Crippen MR) is 86.0 cm³/mol. The van der Waals surface area contributed by atoms with Crippen LogP contribution in [0.4, 0.5) is 0 Å². The summed E-state index contributed by atoms with van der Waals surface area (Å²) in [6.07, 6.45) is 5.17. The summed E-state index contributed by atoms with van der Waals surface area (Å²) < 4.78 is 7.17. The molecule has 0 spiro atoms. The van der Waals surface area contributed by atoms with Gasteiger partial charge in [0.1, 0.15) is 5.75 Å². The second kappa shape index (κ2) is 5.49. The second-order valence-electron chi connectivity index (χ2n) is 4.92. The van der Waals surface area contributed by atoms with Crippen LogP contribution in [-0.2, 0) is 0 Å². The molecule has 0 saturated heterocycles. The summed E-state index contributed by atoms with van der Waals surface area (Å²) in [5, 5.41) is 4.58. The molecule has 23 heavy (non-hydrogen) atoms. The van der Waals surface area contributed by atoms with Crippen molar-refractivity contribution >= 4 is 5.78 Å². The molecule has 0 fully saturated rings. The summed E-state index contributed by atoms with van der Waals surface area (Å²) >= 11 is 0. The van der Waals surface area contributed by atoms with Crippen LogP contribution in [0.15, 0.2) is 61.1 Å². The average Bonchev–Trinajstić information content (AvgIpc) is 3.07. The molecule has 0 aliphatic rings. The van der Waals surface area contributed by atoms with Crippen molar-refractivity contribution in [1.82, 2.24) is 24.6 Å². The average molecular weight is 303 g/mol. The molecule has 4 aromatic rings. The Morgan fingerprint density at radius 2 is 1.91 bits per heavy atom. The third-order valence-corrected chi connectivity index (χ3v) is 3.54. The Balaban J connectivity index is 1.93. The maximum Gasteiger partial charge on any atom is 0.253 e. The van der Waals surface area contributed by atoms with Crippen LogP contribution < -0.4 is 4.74 Å². The zero-order valence-corrected chi connectivity index (χ0v) is 12.4. The van der Waals surface area contributed by atoms with E-state index in [1.165, 1.54) is 0 Å². The summed E-state index contributed by atoms with van der Waals surface area (Å²) in [5.74, 6) is 1.90. The van der Waals surface area contributed by atoms with E-state index in [0.29, 0.717) is 11.6 Å². The highest BCUT2D eigenvalue weighted by atomic mass is 16.5. The van der Waals surface area contributed by atoms with Gasteiger partial charge >= 0.3 is 0 Å². The van der Waals surface area contributed by atoms with Crippen LogP contribution in [0.5, 0.6) is 5.75 Å². The lowest BCUT2D eigenvalue weighted by molar-refractivity contribution is 0.416. The number of methoxy groups -OCH3 is 1. The Hall–Kier alpha value is -3.28. The van der Waals surface area contributed by atoms with E-state index in [2.05, 4.69) is 20.1 Å². The number of hydrogen-bond donors (Lipinski definition) is 0. The van der Waals surface area contributed by atoms with Gasteiger partial charge in [0.25, 0.3) is 5.78 Å². The predicted octanol–water partition coefficient (Wildman–Crippen LogP) is 2.86. The van der Waals surface area contributed by atoms with Crippen molar-refractivity contribution < 1.29 is 4.74 Å². The maximum atomic E-state index is 5.45. The molecule has 0 saturated carbocycles. The lowest BCUT2D eigenvalue weighted by Crippen LogP contribution is -1.97.